The van der Waals surface area contributed by atoms with Gasteiger partial charge < -0.3 is 14.4 Å². The summed E-state index contributed by atoms with van der Waals surface area (Å²) in [5.41, 5.74) is 2.31. The van der Waals surface area contributed by atoms with Gasteiger partial charge in [-0.2, -0.15) is 0 Å². The maximum atomic E-state index is 13.0. The van der Waals surface area contributed by atoms with Gasteiger partial charge in [0.1, 0.15) is 5.52 Å². The number of para-hydroxylation sites is 2. The fourth-order valence-electron chi connectivity index (χ4n) is 3.90. The van der Waals surface area contributed by atoms with Crippen LogP contribution in [0.1, 0.15) is 17.3 Å². The van der Waals surface area contributed by atoms with Crippen LogP contribution in [0.5, 0.6) is 5.75 Å². The van der Waals surface area contributed by atoms with E-state index in [2.05, 4.69) is 15.0 Å². The van der Waals surface area contributed by atoms with Gasteiger partial charge in [0.05, 0.1) is 11.7 Å². The third kappa shape index (κ3) is 3.61. The van der Waals surface area contributed by atoms with Gasteiger partial charge in [0.2, 0.25) is 11.7 Å². The Labute approximate surface area is 189 Å². The van der Waals surface area contributed by atoms with E-state index in [1.165, 1.54) is 4.57 Å². The molecule has 0 aliphatic rings. The molecule has 1 N–H and O–H groups in total. The van der Waals surface area contributed by atoms with Crippen molar-refractivity contribution in [2.75, 3.05) is 11.9 Å². The van der Waals surface area contributed by atoms with Gasteiger partial charge in [-0.25, -0.2) is 9.97 Å². The van der Waals surface area contributed by atoms with Gasteiger partial charge in [-0.05, 0) is 29.8 Å². The van der Waals surface area contributed by atoms with Gasteiger partial charge >= 0.3 is 0 Å². The Morgan fingerprint density at radius 1 is 0.970 bits per heavy atom. The van der Waals surface area contributed by atoms with Crippen molar-refractivity contribution in [3.63, 3.8) is 0 Å². The van der Waals surface area contributed by atoms with Gasteiger partial charge in [0.15, 0.2) is 11.3 Å². The molecule has 2 aromatic carbocycles. The lowest BCUT2D eigenvalue weighted by molar-refractivity contribution is 0.455. The van der Waals surface area contributed by atoms with Crippen LogP contribution in [0.15, 0.2) is 88.2 Å². The highest BCUT2D eigenvalue weighted by molar-refractivity contribution is 5.76. The molecule has 5 rings (SSSR count). The highest BCUT2D eigenvalue weighted by atomic mass is 16.4. The second kappa shape index (κ2) is 8.23. The van der Waals surface area contributed by atoms with E-state index in [9.17, 15) is 9.90 Å². The maximum Gasteiger partial charge on any atom is 0.297 e. The van der Waals surface area contributed by atoms with Gasteiger partial charge in [-0.3, -0.25) is 14.3 Å². The molecule has 0 spiro atoms. The van der Waals surface area contributed by atoms with Crippen molar-refractivity contribution >= 4 is 17.0 Å². The van der Waals surface area contributed by atoms with Crippen LogP contribution in [0.4, 0.5) is 5.95 Å². The summed E-state index contributed by atoms with van der Waals surface area (Å²) in [6.45, 7) is 0. The number of pyridine rings is 1. The molecule has 8 nitrogen and oxygen atoms in total. The molecule has 0 aliphatic heterocycles. The number of rotatable bonds is 5. The minimum Gasteiger partial charge on any atom is -0.501 e. The molecular weight excluding hydrogens is 418 g/mol. The van der Waals surface area contributed by atoms with Crippen molar-refractivity contribution in [2.45, 2.75) is 6.04 Å². The molecule has 0 aliphatic carbocycles. The van der Waals surface area contributed by atoms with Crippen LogP contribution in [-0.2, 0) is 7.05 Å². The number of oxazole rings is 1. The van der Waals surface area contributed by atoms with Crippen molar-refractivity contribution in [2.24, 2.45) is 7.05 Å². The van der Waals surface area contributed by atoms with Crippen LogP contribution < -0.4 is 10.5 Å². The second-order valence-corrected chi connectivity index (χ2v) is 7.64. The number of aromatic nitrogens is 4. The van der Waals surface area contributed by atoms with E-state index in [-0.39, 0.29) is 17.6 Å². The highest BCUT2D eigenvalue weighted by Crippen LogP contribution is 2.33. The van der Waals surface area contributed by atoms with E-state index >= 15 is 0 Å². The molecule has 0 amide bonds. The number of hydrogen-bond donors (Lipinski definition) is 1. The van der Waals surface area contributed by atoms with Gasteiger partial charge in [-0.15, -0.1) is 0 Å². The zero-order chi connectivity index (χ0) is 22.9. The monoisotopic (exact) mass is 439 g/mol. The van der Waals surface area contributed by atoms with Crippen LogP contribution in [0.3, 0.4) is 0 Å². The van der Waals surface area contributed by atoms with Gasteiger partial charge in [-0.1, -0.05) is 48.5 Å². The second-order valence-electron chi connectivity index (χ2n) is 7.64. The Hall–Kier alpha value is -4.46. The van der Waals surface area contributed by atoms with E-state index < -0.39 is 11.3 Å². The molecule has 8 heteroatoms. The van der Waals surface area contributed by atoms with Gasteiger partial charge in [0.25, 0.3) is 11.4 Å². The first kappa shape index (κ1) is 20.4. The van der Waals surface area contributed by atoms with E-state index in [4.69, 9.17) is 4.42 Å². The summed E-state index contributed by atoms with van der Waals surface area (Å²) in [4.78, 5) is 28.4. The summed E-state index contributed by atoms with van der Waals surface area (Å²) in [6, 6.07) is 22.4. The average molecular weight is 439 g/mol. The zero-order valence-electron chi connectivity index (χ0n) is 18.1. The fraction of sp³-hybridized carbons (Fsp3) is 0.120. The predicted octanol–water partition coefficient (Wildman–Crippen LogP) is 3.91. The lowest BCUT2D eigenvalue weighted by Gasteiger charge is -2.30. The van der Waals surface area contributed by atoms with Crippen molar-refractivity contribution in [3.8, 4) is 17.3 Å². The topological polar surface area (TPSA) is 97.3 Å². The van der Waals surface area contributed by atoms with E-state index in [0.29, 0.717) is 17.0 Å². The van der Waals surface area contributed by atoms with E-state index in [0.717, 1.165) is 11.3 Å². The number of aromatic hydroxyl groups is 1. The molecule has 5 aromatic rings. The Balaban J connectivity index is 1.68. The number of nitrogens with zero attached hydrogens (tertiary/aromatic N) is 5. The number of hydrogen-bond acceptors (Lipinski definition) is 7. The Bertz CT molecular complexity index is 1410. The summed E-state index contributed by atoms with van der Waals surface area (Å²) >= 11 is 0. The number of anilines is 1. The molecule has 3 heterocycles. The Morgan fingerprint density at radius 3 is 2.42 bits per heavy atom. The summed E-state index contributed by atoms with van der Waals surface area (Å²) in [7, 11) is 3.40. The molecule has 1 atom stereocenters. The molecule has 0 fully saturated rings. The maximum absolute atomic E-state index is 13.0. The van der Waals surface area contributed by atoms with Crippen LogP contribution in [0.25, 0.3) is 22.7 Å². The normalized spacial score (nSPS) is 12.1. The molecule has 164 valence electrons. The van der Waals surface area contributed by atoms with Crippen LogP contribution in [0.2, 0.25) is 0 Å². The summed E-state index contributed by atoms with van der Waals surface area (Å²) < 4.78 is 7.09. The third-order valence-electron chi connectivity index (χ3n) is 5.53. The lowest BCUT2D eigenvalue weighted by atomic mass is 10.0. The molecule has 1 unspecified atom stereocenters. The lowest BCUT2D eigenvalue weighted by Crippen LogP contribution is -2.33. The first-order valence-corrected chi connectivity index (χ1v) is 10.4. The average Bonchev–Trinajstić information content (AvgIpc) is 3.28. The van der Waals surface area contributed by atoms with Gasteiger partial charge in [0, 0.05) is 20.3 Å². The largest absolute Gasteiger partial charge is 0.501 e. The van der Waals surface area contributed by atoms with Crippen LogP contribution >= 0.6 is 0 Å². The SMILES string of the molecule is CN(c1nc(-c2nc3ccccc3o2)c(O)c(=O)n1C)C(c1ccccc1)c1ccccn1. The fourth-order valence-corrected chi connectivity index (χ4v) is 3.90. The van der Waals surface area contributed by atoms with E-state index in [1.54, 1.807) is 25.4 Å². The Morgan fingerprint density at radius 2 is 1.70 bits per heavy atom. The summed E-state index contributed by atoms with van der Waals surface area (Å²) in [6.07, 6.45) is 1.73. The van der Waals surface area contributed by atoms with E-state index in [1.807, 2.05) is 72.6 Å². The van der Waals surface area contributed by atoms with Crippen molar-refractivity contribution in [3.05, 3.63) is 101 Å². The number of fused-ring (bicyclic) bond motifs is 1. The molecular formula is C25H21N5O3. The minimum absolute atomic E-state index is 0.0102. The van der Waals surface area contributed by atoms with Crippen LogP contribution in [-0.4, -0.2) is 31.7 Å². The first-order valence-electron chi connectivity index (χ1n) is 10.4. The molecule has 0 saturated carbocycles. The number of benzene rings is 2. The zero-order valence-corrected chi connectivity index (χ0v) is 18.1. The first-order chi connectivity index (χ1) is 16.0. The quantitative estimate of drug-likeness (QED) is 0.443. The highest BCUT2D eigenvalue weighted by Gasteiger charge is 2.27. The van der Waals surface area contributed by atoms with Crippen molar-refractivity contribution in [1.82, 2.24) is 19.5 Å². The summed E-state index contributed by atoms with van der Waals surface area (Å²) in [5.74, 6) is -0.111. The minimum atomic E-state index is -0.600. The summed E-state index contributed by atoms with van der Waals surface area (Å²) in [5, 5.41) is 10.6. The van der Waals surface area contributed by atoms with Crippen LogP contribution in [0, 0.1) is 0 Å². The molecule has 0 saturated heterocycles. The molecule has 33 heavy (non-hydrogen) atoms. The molecule has 3 aromatic heterocycles. The van der Waals surface area contributed by atoms with Crippen molar-refractivity contribution in [1.29, 1.82) is 0 Å². The molecule has 0 bridgehead atoms. The van der Waals surface area contributed by atoms with Crippen molar-refractivity contribution < 1.29 is 9.52 Å². The predicted molar refractivity (Wildman–Crippen MR) is 125 cm³/mol. The Kier molecular flexibility index (Phi) is 5.10. The standard InChI is InChI=1S/C25H21N5O3/c1-29(21(16-10-4-3-5-11-16)18-13-8-9-15-26-18)25-28-20(22(31)24(32)30(25)2)23-27-17-12-6-7-14-19(17)33-23/h3-15,21,31H,1-2H3. The molecule has 0 radical (unpaired) electrons. The third-order valence-corrected chi connectivity index (χ3v) is 5.53. The smallest absolute Gasteiger partial charge is 0.297 e.